The smallest absolute Gasteiger partial charge is 0.303 e. The summed E-state index contributed by atoms with van der Waals surface area (Å²) >= 11 is 0. The maximum Gasteiger partial charge on any atom is 0.303 e. The van der Waals surface area contributed by atoms with Crippen LogP contribution >= 0.6 is 0 Å². The van der Waals surface area contributed by atoms with E-state index in [0.717, 1.165) is 44.9 Å². The largest absolute Gasteiger partial charge is 0.481 e. The van der Waals surface area contributed by atoms with Gasteiger partial charge in [0.1, 0.15) is 0 Å². The van der Waals surface area contributed by atoms with Crippen molar-refractivity contribution < 1.29 is 14.4 Å². The van der Waals surface area contributed by atoms with E-state index in [9.17, 15) is 4.79 Å². The van der Waals surface area contributed by atoms with Crippen LogP contribution in [0.2, 0.25) is 0 Å². The quantitative estimate of drug-likeness (QED) is 0.0381. The van der Waals surface area contributed by atoms with Crippen molar-refractivity contribution in [3.63, 3.8) is 0 Å². The average Bonchev–Trinajstić information content (AvgIpc) is 3.16. The van der Waals surface area contributed by atoms with E-state index in [1.165, 1.54) is 210 Å². The molecule has 0 aliphatic heterocycles. The monoisotopic (exact) mass is 773 g/mol. The predicted octanol–water partition coefficient (Wildman–Crippen LogP) is 17.7. The van der Waals surface area contributed by atoms with Gasteiger partial charge in [-0.3, -0.25) is 4.79 Å². The Morgan fingerprint density at radius 3 is 1.02 bits per heavy atom. The third-order valence-corrected chi connectivity index (χ3v) is 11.3. The Morgan fingerprint density at radius 1 is 0.382 bits per heavy atom. The number of carboxylic acids is 1. The fraction of sp³-hybridized carbons (Fsp3) is 0.865. The Hall–Kier alpha value is -1.35. The highest BCUT2D eigenvalue weighted by molar-refractivity contribution is 5.66. The van der Waals surface area contributed by atoms with Crippen molar-refractivity contribution in [3.8, 4) is 0 Å². The van der Waals surface area contributed by atoms with Crippen LogP contribution in [0, 0.1) is 0 Å². The molecule has 0 aliphatic carbocycles. The van der Waals surface area contributed by atoms with Crippen LogP contribution in [-0.4, -0.2) is 42.7 Å². The molecule has 1 N–H and O–H groups in total. The van der Waals surface area contributed by atoms with Gasteiger partial charge in [0.25, 0.3) is 0 Å². The number of rotatable bonds is 43. The molecule has 0 unspecified atom stereocenters. The van der Waals surface area contributed by atoms with Crippen LogP contribution in [0.1, 0.15) is 265 Å². The fourth-order valence-corrected chi connectivity index (χ4v) is 7.48. The van der Waals surface area contributed by atoms with Crippen LogP contribution in [-0.2, 0) is 4.79 Å². The Kier molecular flexibility index (Phi) is 49.5. The van der Waals surface area contributed by atoms with Crippen LogP contribution in [0.25, 0.3) is 0 Å². The molecule has 0 aromatic rings. The standard InChI is InChI=1S/C34H72N.C18H30O2/c1-5-7-9-11-13-15-17-19-21-23-25-27-29-31-33-35(3,4)34-32-30-28-26-24-22-20-18-16-14-12-10-8-6-2;1-2-3-4-5-6-7-8-9-10-11-12-13-14-15-16-17-18(19)20/h5-34H2,1-4H3;3-4,6-7,9-10H,2,5,8,11-17H2,1H3,(H,19,20)/q+1;/b;4-3-,7-6-,10-9-. The number of nitrogens with zero attached hydrogens (tertiary/aromatic N) is 1. The first-order valence-corrected chi connectivity index (χ1v) is 24.9. The summed E-state index contributed by atoms with van der Waals surface area (Å²) in [5, 5.41) is 8.50. The summed E-state index contributed by atoms with van der Waals surface area (Å²) in [4.78, 5) is 10.3. The van der Waals surface area contributed by atoms with Gasteiger partial charge in [-0.05, 0) is 64.2 Å². The number of carboxylic acid groups (broad SMARTS) is 1. The molecule has 0 atom stereocenters. The van der Waals surface area contributed by atoms with E-state index in [4.69, 9.17) is 5.11 Å². The molecule has 3 nitrogen and oxygen atoms in total. The lowest BCUT2D eigenvalue weighted by atomic mass is 10.0. The summed E-state index contributed by atoms with van der Waals surface area (Å²) in [6, 6.07) is 0. The zero-order valence-electron chi connectivity index (χ0n) is 38.6. The van der Waals surface area contributed by atoms with E-state index in [1.807, 2.05) is 0 Å². The Morgan fingerprint density at radius 2 is 0.673 bits per heavy atom. The van der Waals surface area contributed by atoms with Gasteiger partial charge in [-0.1, -0.05) is 231 Å². The molecule has 0 radical (unpaired) electrons. The third kappa shape index (κ3) is 54.8. The number of hydrogen-bond acceptors (Lipinski definition) is 1. The summed E-state index contributed by atoms with van der Waals surface area (Å²) in [7, 11) is 4.93. The molecule has 0 fully saturated rings. The molecule has 0 saturated carbocycles. The lowest BCUT2D eigenvalue weighted by Crippen LogP contribution is -2.41. The summed E-state index contributed by atoms with van der Waals surface area (Å²) < 4.78 is 1.25. The molecule has 0 heterocycles. The Balaban J connectivity index is 0. The summed E-state index contributed by atoms with van der Waals surface area (Å²) in [5.74, 6) is -0.675. The van der Waals surface area contributed by atoms with Crippen molar-refractivity contribution in [2.24, 2.45) is 0 Å². The number of aliphatic carboxylic acids is 1. The van der Waals surface area contributed by atoms with Crippen LogP contribution < -0.4 is 0 Å². The van der Waals surface area contributed by atoms with Crippen LogP contribution in [0.4, 0.5) is 0 Å². The van der Waals surface area contributed by atoms with Crippen molar-refractivity contribution in [3.05, 3.63) is 36.5 Å². The summed E-state index contributed by atoms with van der Waals surface area (Å²) in [6.45, 7) is 9.53. The normalized spacial score (nSPS) is 12.0. The third-order valence-electron chi connectivity index (χ3n) is 11.3. The molecular weight excluding hydrogens is 671 g/mol. The number of carbonyl (C=O) groups is 1. The lowest BCUT2D eigenvalue weighted by molar-refractivity contribution is -0.890. The molecule has 0 aliphatic rings. The topological polar surface area (TPSA) is 37.3 Å². The van der Waals surface area contributed by atoms with Crippen LogP contribution in [0.15, 0.2) is 36.5 Å². The maximum atomic E-state index is 10.3. The summed E-state index contributed by atoms with van der Waals surface area (Å²) in [5.41, 5.74) is 0. The first-order chi connectivity index (χ1) is 26.9. The highest BCUT2D eigenvalue weighted by atomic mass is 16.4. The second-order valence-corrected chi connectivity index (χ2v) is 17.6. The Bertz CT molecular complexity index is 778. The van der Waals surface area contributed by atoms with Crippen LogP contribution in [0.5, 0.6) is 0 Å². The molecule has 55 heavy (non-hydrogen) atoms. The number of quaternary nitrogens is 1. The molecule has 0 bridgehead atoms. The minimum atomic E-state index is -0.675. The summed E-state index contributed by atoms with van der Waals surface area (Å²) in [6.07, 6.45) is 64.3. The van der Waals surface area contributed by atoms with Crippen molar-refractivity contribution in [1.29, 1.82) is 0 Å². The molecule has 326 valence electrons. The molecule has 0 spiro atoms. The van der Waals surface area contributed by atoms with Gasteiger partial charge in [-0.15, -0.1) is 0 Å². The second kappa shape index (κ2) is 48.8. The molecule has 3 heteroatoms. The van der Waals surface area contributed by atoms with E-state index in [1.54, 1.807) is 0 Å². The van der Waals surface area contributed by atoms with Gasteiger partial charge in [0, 0.05) is 6.42 Å². The van der Waals surface area contributed by atoms with E-state index >= 15 is 0 Å². The molecule has 0 saturated heterocycles. The zero-order valence-corrected chi connectivity index (χ0v) is 38.6. The zero-order chi connectivity index (χ0) is 40.6. The molecule has 0 rings (SSSR count). The van der Waals surface area contributed by atoms with Gasteiger partial charge in [-0.2, -0.15) is 0 Å². The minimum absolute atomic E-state index is 0.319. The number of hydrogen-bond donors (Lipinski definition) is 1. The average molecular weight is 773 g/mol. The fourth-order valence-electron chi connectivity index (χ4n) is 7.48. The molecular formula is C52H102NO2+. The number of unbranched alkanes of at least 4 members (excludes halogenated alkanes) is 31. The molecule has 0 amide bonds. The van der Waals surface area contributed by atoms with Gasteiger partial charge in [0.2, 0.25) is 0 Å². The SMILES string of the molecule is CC/C=C\C/C=C\C/C=C\CCCCCCCC(=O)O.CCCCCCCCCCCCCCCC[N+](C)(C)CCCCCCCCCCCCCCCC. The minimum Gasteiger partial charge on any atom is -0.481 e. The Labute approximate surface area is 347 Å². The molecule has 0 aromatic carbocycles. The second-order valence-electron chi connectivity index (χ2n) is 17.6. The highest BCUT2D eigenvalue weighted by Gasteiger charge is 2.13. The van der Waals surface area contributed by atoms with Gasteiger partial charge < -0.3 is 9.59 Å². The van der Waals surface area contributed by atoms with E-state index < -0.39 is 5.97 Å². The van der Waals surface area contributed by atoms with E-state index in [0.29, 0.717) is 6.42 Å². The van der Waals surface area contributed by atoms with E-state index in [2.05, 4.69) is 71.3 Å². The molecule has 0 aromatic heterocycles. The van der Waals surface area contributed by atoms with Gasteiger partial charge in [0.15, 0.2) is 0 Å². The lowest BCUT2D eigenvalue weighted by Gasteiger charge is -2.30. The van der Waals surface area contributed by atoms with Gasteiger partial charge >= 0.3 is 5.97 Å². The van der Waals surface area contributed by atoms with Crippen molar-refractivity contribution >= 4 is 5.97 Å². The van der Waals surface area contributed by atoms with Gasteiger partial charge in [-0.25, -0.2) is 0 Å². The predicted molar refractivity (Wildman–Crippen MR) is 249 cm³/mol. The van der Waals surface area contributed by atoms with Crippen molar-refractivity contribution in [2.75, 3.05) is 27.2 Å². The first kappa shape index (κ1) is 55.7. The van der Waals surface area contributed by atoms with Crippen molar-refractivity contribution in [2.45, 2.75) is 265 Å². The van der Waals surface area contributed by atoms with Gasteiger partial charge in [0.05, 0.1) is 27.2 Å². The first-order valence-electron chi connectivity index (χ1n) is 24.9. The number of allylic oxidation sites excluding steroid dienone is 6. The highest BCUT2D eigenvalue weighted by Crippen LogP contribution is 2.16. The van der Waals surface area contributed by atoms with Crippen LogP contribution in [0.3, 0.4) is 0 Å². The van der Waals surface area contributed by atoms with Crippen molar-refractivity contribution in [1.82, 2.24) is 0 Å². The maximum absolute atomic E-state index is 10.3. The van der Waals surface area contributed by atoms with E-state index in [-0.39, 0.29) is 0 Å².